The van der Waals surface area contributed by atoms with Gasteiger partial charge in [0.15, 0.2) is 6.79 Å². The second kappa shape index (κ2) is 15.3. The molecule has 0 bridgehead atoms. The van der Waals surface area contributed by atoms with E-state index in [9.17, 15) is 14.4 Å². The molecule has 0 aliphatic rings. The van der Waals surface area contributed by atoms with Crippen LogP contribution in [0.1, 0.15) is 62.3 Å². The zero-order valence-corrected chi connectivity index (χ0v) is 22.5. The molecule has 0 aliphatic heterocycles. The Morgan fingerprint density at radius 3 is 1.35 bits per heavy atom. The minimum atomic E-state index is -0.591. The van der Waals surface area contributed by atoms with Crippen molar-refractivity contribution in [3.8, 4) is 0 Å². The minimum absolute atomic E-state index is 0.131. The van der Waals surface area contributed by atoms with Gasteiger partial charge in [-0.3, -0.25) is 9.69 Å². The van der Waals surface area contributed by atoms with E-state index in [2.05, 4.69) is 0 Å². The normalized spacial score (nSPS) is 12.5. The Hall–Kier alpha value is -1.75. The smallest absolute Gasteiger partial charge is 0.332 e. The fourth-order valence-electron chi connectivity index (χ4n) is 2.34. The summed E-state index contributed by atoms with van der Waals surface area (Å²) < 4.78 is 31.8. The van der Waals surface area contributed by atoms with E-state index in [0.717, 1.165) is 0 Å². The van der Waals surface area contributed by atoms with Crippen molar-refractivity contribution in [1.82, 2.24) is 4.90 Å². The number of rotatable bonds is 15. The fraction of sp³-hybridized carbons (Fsp3) is 0.875. The molecule has 0 rings (SSSR count). The van der Waals surface area contributed by atoms with E-state index in [1.807, 2.05) is 4.90 Å². The molecule has 0 N–H and O–H groups in total. The molecule has 0 saturated carbocycles. The summed E-state index contributed by atoms with van der Waals surface area (Å²) in [5, 5.41) is 0. The Kier molecular flexibility index (Phi) is 14.5. The van der Waals surface area contributed by atoms with Gasteiger partial charge < -0.3 is 28.4 Å². The molecule has 0 radical (unpaired) electrons. The quantitative estimate of drug-likeness (QED) is 0.147. The Labute approximate surface area is 204 Å². The Morgan fingerprint density at radius 2 is 1.00 bits per heavy atom. The standard InChI is InChI=1S/C24H45NO9/c1-22(2,3)21(28)32-18-31-15-12-25(10-13-29-16-19(26)33-23(4,5)6)11-14-30-17-20(27)34-24(7,8)9/h10-18H2,1-9H3. The third-order valence-electron chi connectivity index (χ3n) is 3.82. The monoisotopic (exact) mass is 491 g/mol. The van der Waals surface area contributed by atoms with Crippen molar-refractivity contribution < 1.29 is 42.8 Å². The van der Waals surface area contributed by atoms with Crippen molar-refractivity contribution in [1.29, 1.82) is 0 Å². The number of carbonyl (C=O) groups is 3. The SMILES string of the molecule is CC(C)(C)OC(=O)COCCN(CCOCOC(=O)C(C)(C)C)CCOCC(=O)OC(C)(C)C. The third-order valence-corrected chi connectivity index (χ3v) is 3.82. The molecule has 0 atom stereocenters. The van der Waals surface area contributed by atoms with E-state index in [1.165, 1.54) is 0 Å². The summed E-state index contributed by atoms with van der Waals surface area (Å²) in [7, 11) is 0. The third kappa shape index (κ3) is 19.7. The van der Waals surface area contributed by atoms with Crippen LogP contribution in [0.4, 0.5) is 0 Å². The maximum atomic E-state index is 11.8. The van der Waals surface area contributed by atoms with Crippen LogP contribution in [0.3, 0.4) is 0 Å². The first-order valence-corrected chi connectivity index (χ1v) is 11.6. The molecule has 0 aromatic heterocycles. The van der Waals surface area contributed by atoms with Crippen LogP contribution in [-0.2, 0) is 42.8 Å². The van der Waals surface area contributed by atoms with Crippen LogP contribution in [-0.4, -0.2) is 93.5 Å². The zero-order valence-electron chi connectivity index (χ0n) is 22.5. The average Bonchev–Trinajstić information content (AvgIpc) is 2.63. The van der Waals surface area contributed by atoms with Gasteiger partial charge in [-0.15, -0.1) is 0 Å². The summed E-state index contributed by atoms with van der Waals surface area (Å²) in [6.07, 6.45) is 0. The number of hydrogen-bond donors (Lipinski definition) is 0. The molecule has 10 nitrogen and oxygen atoms in total. The highest BCUT2D eigenvalue weighted by molar-refractivity contribution is 5.75. The summed E-state index contributed by atoms with van der Waals surface area (Å²) in [6.45, 7) is 18.1. The van der Waals surface area contributed by atoms with Gasteiger partial charge in [0.1, 0.15) is 24.4 Å². The number of carbonyl (C=O) groups excluding carboxylic acids is 3. The van der Waals surface area contributed by atoms with Crippen LogP contribution in [0, 0.1) is 5.41 Å². The van der Waals surface area contributed by atoms with Gasteiger partial charge in [0, 0.05) is 19.6 Å². The molecule has 0 aromatic carbocycles. The van der Waals surface area contributed by atoms with Crippen LogP contribution < -0.4 is 0 Å². The molecule has 0 aliphatic carbocycles. The maximum absolute atomic E-state index is 11.8. The lowest BCUT2D eigenvalue weighted by atomic mass is 9.98. The van der Waals surface area contributed by atoms with Crippen molar-refractivity contribution >= 4 is 17.9 Å². The van der Waals surface area contributed by atoms with E-state index in [-0.39, 0.29) is 26.0 Å². The summed E-state index contributed by atoms with van der Waals surface area (Å²) in [5.41, 5.74) is -1.72. The topological polar surface area (TPSA) is 110 Å². The van der Waals surface area contributed by atoms with Gasteiger partial charge in [0.2, 0.25) is 0 Å². The van der Waals surface area contributed by atoms with Crippen LogP contribution >= 0.6 is 0 Å². The molecule has 0 amide bonds. The predicted molar refractivity (Wildman–Crippen MR) is 126 cm³/mol. The van der Waals surface area contributed by atoms with E-state index in [1.54, 1.807) is 62.3 Å². The molecular formula is C24H45NO9. The largest absolute Gasteiger partial charge is 0.458 e. The highest BCUT2D eigenvalue weighted by Gasteiger charge is 2.23. The highest BCUT2D eigenvalue weighted by atomic mass is 16.7. The first-order chi connectivity index (χ1) is 15.5. The van der Waals surface area contributed by atoms with Crippen molar-refractivity contribution in [2.75, 3.05) is 59.5 Å². The van der Waals surface area contributed by atoms with Gasteiger partial charge in [-0.1, -0.05) is 0 Å². The van der Waals surface area contributed by atoms with Crippen LogP contribution in [0.15, 0.2) is 0 Å². The van der Waals surface area contributed by atoms with Crippen LogP contribution in [0.2, 0.25) is 0 Å². The first kappa shape index (κ1) is 32.2. The predicted octanol–water partition coefficient (Wildman–Crippen LogP) is 2.57. The highest BCUT2D eigenvalue weighted by Crippen LogP contribution is 2.14. The molecular weight excluding hydrogens is 446 g/mol. The van der Waals surface area contributed by atoms with Gasteiger partial charge in [-0.2, -0.15) is 0 Å². The molecule has 0 saturated heterocycles. The molecule has 0 fully saturated rings. The number of ether oxygens (including phenoxy) is 6. The van der Waals surface area contributed by atoms with Crippen molar-refractivity contribution in [3.63, 3.8) is 0 Å². The van der Waals surface area contributed by atoms with Gasteiger partial charge in [0.25, 0.3) is 0 Å². The second-order valence-corrected chi connectivity index (χ2v) is 10.8. The van der Waals surface area contributed by atoms with E-state index in [4.69, 9.17) is 28.4 Å². The van der Waals surface area contributed by atoms with Gasteiger partial charge in [-0.05, 0) is 62.3 Å². The van der Waals surface area contributed by atoms with E-state index in [0.29, 0.717) is 39.5 Å². The Balaban J connectivity index is 4.41. The summed E-state index contributed by atoms with van der Waals surface area (Å²) in [4.78, 5) is 37.3. The molecule has 200 valence electrons. The zero-order chi connectivity index (χ0) is 26.4. The Morgan fingerprint density at radius 1 is 0.618 bits per heavy atom. The lowest BCUT2D eigenvalue weighted by Gasteiger charge is -2.23. The number of nitrogens with zero attached hydrogens (tertiary/aromatic N) is 1. The van der Waals surface area contributed by atoms with E-state index < -0.39 is 28.6 Å². The molecule has 0 aromatic rings. The van der Waals surface area contributed by atoms with Crippen LogP contribution in [0.5, 0.6) is 0 Å². The average molecular weight is 492 g/mol. The molecule has 0 spiro atoms. The molecule has 0 unspecified atom stereocenters. The molecule has 10 heteroatoms. The fourth-order valence-corrected chi connectivity index (χ4v) is 2.34. The van der Waals surface area contributed by atoms with Crippen molar-refractivity contribution in [2.24, 2.45) is 5.41 Å². The summed E-state index contributed by atoms with van der Waals surface area (Å²) >= 11 is 0. The first-order valence-electron chi connectivity index (χ1n) is 11.6. The van der Waals surface area contributed by atoms with Gasteiger partial charge in [0.05, 0.1) is 25.2 Å². The van der Waals surface area contributed by atoms with Crippen molar-refractivity contribution in [3.05, 3.63) is 0 Å². The molecule has 34 heavy (non-hydrogen) atoms. The van der Waals surface area contributed by atoms with Crippen molar-refractivity contribution in [2.45, 2.75) is 73.5 Å². The second-order valence-electron chi connectivity index (χ2n) is 10.8. The summed E-state index contributed by atoms with van der Waals surface area (Å²) in [5.74, 6) is -1.19. The number of hydrogen-bond acceptors (Lipinski definition) is 10. The molecule has 0 heterocycles. The minimum Gasteiger partial charge on any atom is -0.458 e. The van der Waals surface area contributed by atoms with Crippen LogP contribution in [0.25, 0.3) is 0 Å². The summed E-state index contributed by atoms with van der Waals surface area (Å²) in [6, 6.07) is 0. The Bertz CT molecular complexity index is 579. The van der Waals surface area contributed by atoms with E-state index >= 15 is 0 Å². The maximum Gasteiger partial charge on any atom is 0.332 e. The lowest BCUT2D eigenvalue weighted by molar-refractivity contribution is -0.166. The van der Waals surface area contributed by atoms with Gasteiger partial charge >= 0.3 is 17.9 Å². The van der Waals surface area contributed by atoms with Gasteiger partial charge in [-0.25, -0.2) is 9.59 Å². The lowest BCUT2D eigenvalue weighted by Crippen LogP contribution is -2.35. The number of esters is 3.